The van der Waals surface area contributed by atoms with Crippen LogP contribution in [0.15, 0.2) is 60.8 Å². The van der Waals surface area contributed by atoms with Gasteiger partial charge in [0.2, 0.25) is 5.78 Å². The molecule has 0 saturated carbocycles. The quantitative estimate of drug-likeness (QED) is 0.252. The standard InChI is InChI=1S/C26H22N2O4S/c1-17-21(18-8-10-19(31-2)11-9-18)14-25(33-17)26(30)32-16-24(29)22-15-28(13-5-12-27)23-7-4-3-6-20(22)23/h3-4,6-11,14-15H,5,13,16H2,1-2H3. The molecule has 0 aliphatic carbocycles. The number of esters is 1. The second-order valence-electron chi connectivity index (χ2n) is 7.47. The van der Waals surface area contributed by atoms with Crippen LogP contribution in [0.5, 0.6) is 5.75 Å². The lowest BCUT2D eigenvalue weighted by molar-refractivity contribution is 0.0480. The summed E-state index contributed by atoms with van der Waals surface area (Å²) in [7, 11) is 1.62. The number of para-hydroxylation sites is 1. The monoisotopic (exact) mass is 458 g/mol. The first-order valence-corrected chi connectivity index (χ1v) is 11.2. The molecule has 0 radical (unpaired) electrons. The Hall–Kier alpha value is -3.89. The van der Waals surface area contributed by atoms with E-state index in [-0.39, 0.29) is 12.4 Å². The molecular weight excluding hydrogens is 436 g/mol. The van der Waals surface area contributed by atoms with E-state index in [1.54, 1.807) is 19.4 Å². The number of ketones is 1. The minimum atomic E-state index is -0.524. The number of nitriles is 1. The first-order valence-electron chi connectivity index (χ1n) is 10.4. The van der Waals surface area contributed by atoms with Crippen LogP contribution in [0, 0.1) is 18.3 Å². The van der Waals surface area contributed by atoms with Gasteiger partial charge in [-0.2, -0.15) is 5.26 Å². The second-order valence-corrected chi connectivity index (χ2v) is 8.73. The number of rotatable bonds is 8. The Labute approximate surface area is 195 Å². The molecule has 0 amide bonds. The zero-order valence-electron chi connectivity index (χ0n) is 18.3. The van der Waals surface area contributed by atoms with Crippen molar-refractivity contribution in [3.05, 3.63) is 76.1 Å². The SMILES string of the molecule is COc1ccc(-c2cc(C(=O)OCC(=O)c3cn(CCC#N)c4ccccc34)sc2C)cc1. The summed E-state index contributed by atoms with van der Waals surface area (Å²) in [6.45, 7) is 2.09. The first kappa shape index (κ1) is 22.3. The zero-order valence-corrected chi connectivity index (χ0v) is 19.1. The number of aromatic nitrogens is 1. The Morgan fingerprint density at radius 3 is 2.61 bits per heavy atom. The van der Waals surface area contributed by atoms with Crippen LogP contribution < -0.4 is 4.74 Å². The average Bonchev–Trinajstić information content (AvgIpc) is 3.42. The lowest BCUT2D eigenvalue weighted by Crippen LogP contribution is -2.13. The number of benzene rings is 2. The normalized spacial score (nSPS) is 10.7. The number of carbonyl (C=O) groups is 2. The molecule has 166 valence electrons. The van der Waals surface area contributed by atoms with Crippen LogP contribution in [-0.2, 0) is 11.3 Å². The van der Waals surface area contributed by atoms with Gasteiger partial charge in [-0.25, -0.2) is 4.79 Å². The highest BCUT2D eigenvalue weighted by atomic mass is 32.1. The summed E-state index contributed by atoms with van der Waals surface area (Å²) in [5, 5.41) is 9.68. The van der Waals surface area contributed by atoms with Gasteiger partial charge >= 0.3 is 5.97 Å². The van der Waals surface area contributed by atoms with Crippen LogP contribution in [0.3, 0.4) is 0 Å². The van der Waals surface area contributed by atoms with Crippen molar-refractivity contribution in [2.45, 2.75) is 19.9 Å². The fourth-order valence-corrected chi connectivity index (χ4v) is 4.68. The molecule has 2 heterocycles. The maximum atomic E-state index is 12.9. The molecule has 0 bridgehead atoms. The van der Waals surface area contributed by atoms with Crippen molar-refractivity contribution in [3.63, 3.8) is 0 Å². The Balaban J connectivity index is 1.48. The first-order chi connectivity index (χ1) is 16.0. The predicted octanol–water partition coefficient (Wildman–Crippen LogP) is 5.64. The number of hydrogen-bond donors (Lipinski definition) is 0. The average molecular weight is 459 g/mol. The number of hydrogen-bond acceptors (Lipinski definition) is 6. The molecule has 0 saturated heterocycles. The van der Waals surface area contributed by atoms with Crippen molar-refractivity contribution in [1.29, 1.82) is 5.26 Å². The van der Waals surface area contributed by atoms with Crippen LogP contribution in [0.4, 0.5) is 0 Å². The molecule has 0 aliphatic heterocycles. The molecule has 0 spiro atoms. The van der Waals surface area contributed by atoms with Crippen molar-refractivity contribution in [1.82, 2.24) is 4.57 Å². The van der Waals surface area contributed by atoms with Gasteiger partial charge < -0.3 is 14.0 Å². The zero-order chi connectivity index (χ0) is 23.4. The maximum Gasteiger partial charge on any atom is 0.348 e. The number of nitrogens with zero attached hydrogens (tertiary/aromatic N) is 2. The van der Waals surface area contributed by atoms with Gasteiger partial charge in [-0.15, -0.1) is 11.3 Å². The fourth-order valence-electron chi connectivity index (χ4n) is 3.74. The van der Waals surface area contributed by atoms with E-state index < -0.39 is 5.97 Å². The lowest BCUT2D eigenvalue weighted by Gasteiger charge is -2.03. The summed E-state index contributed by atoms with van der Waals surface area (Å²) in [4.78, 5) is 27.0. The Bertz CT molecular complexity index is 1360. The molecule has 4 aromatic rings. The van der Waals surface area contributed by atoms with E-state index in [1.807, 2.05) is 60.0 Å². The summed E-state index contributed by atoms with van der Waals surface area (Å²) in [5.41, 5.74) is 3.28. The number of methoxy groups -OCH3 is 1. The Morgan fingerprint density at radius 2 is 1.88 bits per heavy atom. The molecule has 4 rings (SSSR count). The Kier molecular flexibility index (Phi) is 6.57. The summed E-state index contributed by atoms with van der Waals surface area (Å²) in [5.74, 6) is -0.0397. The van der Waals surface area contributed by atoms with Crippen molar-refractivity contribution in [2.24, 2.45) is 0 Å². The molecule has 6 nitrogen and oxygen atoms in total. The lowest BCUT2D eigenvalue weighted by atomic mass is 10.1. The van der Waals surface area contributed by atoms with Gasteiger partial charge in [0.1, 0.15) is 10.6 Å². The summed E-state index contributed by atoms with van der Waals surface area (Å²) in [6, 6.07) is 19.0. The molecule has 7 heteroatoms. The smallest absolute Gasteiger partial charge is 0.348 e. The number of carbonyl (C=O) groups excluding carboxylic acids is 2. The highest BCUT2D eigenvalue weighted by Gasteiger charge is 2.19. The van der Waals surface area contributed by atoms with Gasteiger partial charge in [0, 0.05) is 34.1 Å². The van der Waals surface area contributed by atoms with E-state index in [9.17, 15) is 9.59 Å². The molecule has 33 heavy (non-hydrogen) atoms. The number of fused-ring (bicyclic) bond motifs is 1. The van der Waals surface area contributed by atoms with Crippen LogP contribution in [0.25, 0.3) is 22.0 Å². The second kappa shape index (κ2) is 9.72. The van der Waals surface area contributed by atoms with Gasteiger partial charge in [-0.3, -0.25) is 4.79 Å². The van der Waals surface area contributed by atoms with Gasteiger partial charge in [-0.1, -0.05) is 30.3 Å². The fraction of sp³-hybridized carbons (Fsp3) is 0.192. The third kappa shape index (κ3) is 4.66. The van der Waals surface area contributed by atoms with Crippen molar-refractivity contribution < 1.29 is 19.1 Å². The van der Waals surface area contributed by atoms with E-state index in [4.69, 9.17) is 14.7 Å². The van der Waals surface area contributed by atoms with Gasteiger partial charge in [0.05, 0.1) is 19.6 Å². The number of Topliss-reactive ketones (excluding diaryl/α,β-unsaturated/α-hetero) is 1. The number of aryl methyl sites for hydroxylation is 2. The molecule has 0 fully saturated rings. The van der Waals surface area contributed by atoms with Crippen molar-refractivity contribution in [2.75, 3.05) is 13.7 Å². The summed E-state index contributed by atoms with van der Waals surface area (Å²) < 4.78 is 12.4. The summed E-state index contributed by atoms with van der Waals surface area (Å²) >= 11 is 1.34. The molecular formula is C26H22N2O4S. The third-order valence-electron chi connectivity index (χ3n) is 5.41. The largest absolute Gasteiger partial charge is 0.497 e. The van der Waals surface area contributed by atoms with Gasteiger partial charge in [0.15, 0.2) is 6.61 Å². The van der Waals surface area contributed by atoms with Crippen molar-refractivity contribution in [3.8, 4) is 22.9 Å². The minimum Gasteiger partial charge on any atom is -0.497 e. The number of thiophene rings is 1. The molecule has 0 unspecified atom stereocenters. The molecule has 2 aromatic heterocycles. The molecule has 0 aliphatic rings. The van der Waals surface area contributed by atoms with E-state index in [2.05, 4.69) is 6.07 Å². The highest BCUT2D eigenvalue weighted by molar-refractivity contribution is 7.14. The molecule has 2 aromatic carbocycles. The molecule has 0 atom stereocenters. The number of ether oxygens (including phenoxy) is 2. The highest BCUT2D eigenvalue weighted by Crippen LogP contribution is 2.32. The third-order valence-corrected chi connectivity index (χ3v) is 6.44. The van der Waals surface area contributed by atoms with E-state index in [1.165, 1.54) is 11.3 Å². The predicted molar refractivity (Wildman–Crippen MR) is 128 cm³/mol. The van der Waals surface area contributed by atoms with E-state index in [0.717, 1.165) is 32.7 Å². The topological polar surface area (TPSA) is 81.3 Å². The van der Waals surface area contributed by atoms with Gasteiger partial charge in [-0.05, 0) is 42.3 Å². The maximum absolute atomic E-state index is 12.9. The van der Waals surface area contributed by atoms with Crippen molar-refractivity contribution >= 4 is 34.0 Å². The Morgan fingerprint density at radius 1 is 1.12 bits per heavy atom. The van der Waals surface area contributed by atoms with Gasteiger partial charge in [0.25, 0.3) is 0 Å². The van der Waals surface area contributed by atoms with Crippen LogP contribution in [-0.4, -0.2) is 30.0 Å². The minimum absolute atomic E-state index is 0.279. The van der Waals surface area contributed by atoms with E-state index >= 15 is 0 Å². The summed E-state index contributed by atoms with van der Waals surface area (Å²) in [6.07, 6.45) is 2.07. The van der Waals surface area contributed by atoms with Crippen LogP contribution >= 0.6 is 11.3 Å². The van der Waals surface area contributed by atoms with Crippen LogP contribution in [0.2, 0.25) is 0 Å². The van der Waals surface area contributed by atoms with E-state index in [0.29, 0.717) is 23.4 Å². The van der Waals surface area contributed by atoms with Crippen LogP contribution in [0.1, 0.15) is 31.3 Å². The molecule has 0 N–H and O–H groups in total.